The lowest BCUT2D eigenvalue weighted by Crippen LogP contribution is -2.54. The number of imide groups is 2. The molecule has 0 aromatic heterocycles. The van der Waals surface area contributed by atoms with Crippen molar-refractivity contribution in [2.75, 3.05) is 11.9 Å². The zero-order chi connectivity index (χ0) is 26.3. The number of carbonyl (C=O) groups is 5. The Bertz CT molecular complexity index is 1010. The minimum Gasteiger partial charge on any atom is -0.460 e. The number of benzene rings is 1. The minimum atomic E-state index is -0.966. The quantitative estimate of drug-likeness (QED) is 0.254. The molecule has 0 aliphatic carbocycles. The van der Waals surface area contributed by atoms with Gasteiger partial charge in [-0.25, -0.2) is 0 Å². The molecule has 0 radical (unpaired) electrons. The Morgan fingerprint density at radius 2 is 1.67 bits per heavy atom. The molecule has 196 valence electrons. The average Bonchev–Trinajstić information content (AvgIpc) is 3.05. The van der Waals surface area contributed by atoms with Crippen molar-refractivity contribution >= 4 is 35.3 Å². The number of rotatable bonds is 12. The zero-order valence-corrected chi connectivity index (χ0v) is 21.5. The van der Waals surface area contributed by atoms with Crippen molar-refractivity contribution in [1.29, 1.82) is 0 Å². The lowest BCUT2D eigenvalue weighted by Gasteiger charge is -2.27. The van der Waals surface area contributed by atoms with Gasteiger partial charge in [-0.05, 0) is 52.2 Å². The second-order valence-electron chi connectivity index (χ2n) is 10.4. The van der Waals surface area contributed by atoms with Gasteiger partial charge in [-0.15, -0.1) is 0 Å². The van der Waals surface area contributed by atoms with E-state index >= 15 is 0 Å². The predicted octanol–water partition coefficient (Wildman–Crippen LogP) is 3.96. The number of esters is 1. The Morgan fingerprint density at radius 1 is 1.00 bits per heavy atom. The van der Waals surface area contributed by atoms with E-state index in [9.17, 15) is 24.0 Å². The molecule has 1 fully saturated rings. The fourth-order valence-corrected chi connectivity index (χ4v) is 4.56. The van der Waals surface area contributed by atoms with Crippen molar-refractivity contribution in [3.63, 3.8) is 0 Å². The van der Waals surface area contributed by atoms with E-state index in [1.807, 2.05) is 20.8 Å². The predicted molar refractivity (Wildman–Crippen MR) is 134 cm³/mol. The Balaban J connectivity index is 1.38. The summed E-state index contributed by atoms with van der Waals surface area (Å²) in [5.41, 5.74) is 0.724. The number of carbonyl (C=O) groups excluding carboxylic acids is 5. The van der Waals surface area contributed by atoms with Crippen molar-refractivity contribution in [3.05, 3.63) is 29.3 Å². The highest BCUT2D eigenvalue weighted by atomic mass is 16.6. The molecule has 36 heavy (non-hydrogen) atoms. The van der Waals surface area contributed by atoms with Crippen LogP contribution in [0.4, 0.5) is 5.69 Å². The monoisotopic (exact) mass is 499 g/mol. The fraction of sp³-hybridized carbons (Fsp3) is 0.593. The maximum absolute atomic E-state index is 13.1. The molecule has 0 saturated carbocycles. The van der Waals surface area contributed by atoms with Crippen LogP contribution < -0.4 is 10.6 Å². The summed E-state index contributed by atoms with van der Waals surface area (Å²) in [7, 11) is 0. The van der Waals surface area contributed by atoms with Crippen LogP contribution in [0.1, 0.15) is 106 Å². The van der Waals surface area contributed by atoms with Crippen LogP contribution in [0, 0.1) is 0 Å². The lowest BCUT2D eigenvalue weighted by atomic mass is 10.0. The third kappa shape index (κ3) is 7.15. The van der Waals surface area contributed by atoms with E-state index in [-0.39, 0.29) is 29.9 Å². The highest BCUT2D eigenvalue weighted by Crippen LogP contribution is 2.32. The third-order valence-electron chi connectivity index (χ3n) is 6.26. The van der Waals surface area contributed by atoms with Crippen LogP contribution >= 0.6 is 0 Å². The highest BCUT2D eigenvalue weighted by molar-refractivity contribution is 6.25. The van der Waals surface area contributed by atoms with Crippen LogP contribution in [0.15, 0.2) is 18.2 Å². The second kappa shape index (κ2) is 12.1. The van der Waals surface area contributed by atoms with Crippen LogP contribution in [-0.4, -0.2) is 52.7 Å². The number of nitrogens with zero attached hydrogens (tertiary/aromatic N) is 1. The Morgan fingerprint density at radius 3 is 2.33 bits per heavy atom. The smallest absolute Gasteiger partial charge is 0.306 e. The molecule has 4 amide bonds. The van der Waals surface area contributed by atoms with Gasteiger partial charge < -0.3 is 10.1 Å². The molecule has 1 aromatic rings. The van der Waals surface area contributed by atoms with Gasteiger partial charge in [0, 0.05) is 25.1 Å². The number of piperidine rings is 1. The maximum Gasteiger partial charge on any atom is 0.306 e. The van der Waals surface area contributed by atoms with Gasteiger partial charge in [-0.2, -0.15) is 0 Å². The number of nitrogens with one attached hydrogen (secondary N) is 2. The Kier molecular flexibility index (Phi) is 9.23. The van der Waals surface area contributed by atoms with Gasteiger partial charge in [0.2, 0.25) is 11.8 Å². The molecule has 0 bridgehead atoms. The SMILES string of the molecule is CC(C)(C)OC(=O)CCCCCCCCCNc1cccc2c1C(=O)N(C1CCC(=O)NC1=O)C2=O. The normalized spacial score (nSPS) is 17.8. The number of hydrogen-bond donors (Lipinski definition) is 2. The van der Waals surface area contributed by atoms with Crippen LogP contribution in [0.2, 0.25) is 0 Å². The fourth-order valence-electron chi connectivity index (χ4n) is 4.56. The van der Waals surface area contributed by atoms with Crippen LogP contribution in [0.3, 0.4) is 0 Å². The van der Waals surface area contributed by atoms with E-state index in [1.165, 1.54) is 0 Å². The molecule has 0 spiro atoms. The molecule has 2 aliphatic heterocycles. The standard InChI is InChI=1S/C27H37N3O6/c1-27(2,3)36-22(32)14-9-7-5-4-6-8-10-17-28-19-13-11-12-18-23(19)26(35)30(25(18)34)20-15-16-21(31)29-24(20)33/h11-13,20,28H,4-10,14-17H2,1-3H3,(H,29,31,33). The first-order valence-corrected chi connectivity index (χ1v) is 12.9. The summed E-state index contributed by atoms with van der Waals surface area (Å²) in [6, 6.07) is 4.11. The van der Waals surface area contributed by atoms with E-state index in [0.29, 0.717) is 18.7 Å². The van der Waals surface area contributed by atoms with Gasteiger partial charge in [0.1, 0.15) is 11.6 Å². The molecule has 9 nitrogen and oxygen atoms in total. The number of amides is 4. The van der Waals surface area contributed by atoms with Gasteiger partial charge >= 0.3 is 5.97 Å². The summed E-state index contributed by atoms with van der Waals surface area (Å²) in [5, 5.41) is 5.49. The largest absolute Gasteiger partial charge is 0.460 e. The van der Waals surface area contributed by atoms with E-state index in [2.05, 4.69) is 10.6 Å². The highest BCUT2D eigenvalue weighted by Gasteiger charge is 2.45. The van der Waals surface area contributed by atoms with Crippen molar-refractivity contribution in [3.8, 4) is 0 Å². The van der Waals surface area contributed by atoms with Gasteiger partial charge in [0.05, 0.1) is 11.1 Å². The van der Waals surface area contributed by atoms with Crippen molar-refractivity contribution in [2.24, 2.45) is 0 Å². The summed E-state index contributed by atoms with van der Waals surface area (Å²) >= 11 is 0. The second-order valence-corrected chi connectivity index (χ2v) is 10.4. The molecule has 9 heteroatoms. The number of unbranched alkanes of at least 4 members (excludes halogenated alkanes) is 6. The maximum atomic E-state index is 13.1. The summed E-state index contributed by atoms with van der Waals surface area (Å²) in [5.74, 6) is -2.14. The Hall–Kier alpha value is -3.23. The molecule has 2 N–H and O–H groups in total. The van der Waals surface area contributed by atoms with Crippen molar-refractivity contribution in [2.45, 2.75) is 96.6 Å². The van der Waals surface area contributed by atoms with Crippen molar-refractivity contribution < 1.29 is 28.7 Å². The third-order valence-corrected chi connectivity index (χ3v) is 6.26. The molecular weight excluding hydrogens is 462 g/mol. The Labute approximate surface area is 212 Å². The zero-order valence-electron chi connectivity index (χ0n) is 21.5. The van der Waals surface area contributed by atoms with Gasteiger partial charge in [0.15, 0.2) is 0 Å². The summed E-state index contributed by atoms with van der Waals surface area (Å²) in [4.78, 5) is 62.4. The number of fused-ring (bicyclic) bond motifs is 1. The summed E-state index contributed by atoms with van der Waals surface area (Å²) in [6.07, 6.45) is 7.76. The number of anilines is 1. The number of ether oxygens (including phenoxy) is 1. The molecule has 1 saturated heterocycles. The van der Waals surface area contributed by atoms with E-state index in [4.69, 9.17) is 4.74 Å². The van der Waals surface area contributed by atoms with Crippen LogP contribution in [0.5, 0.6) is 0 Å². The molecule has 1 aromatic carbocycles. The first-order chi connectivity index (χ1) is 17.1. The summed E-state index contributed by atoms with van der Waals surface area (Å²) in [6.45, 7) is 6.28. The van der Waals surface area contributed by atoms with Gasteiger partial charge in [-0.3, -0.25) is 34.2 Å². The van der Waals surface area contributed by atoms with Gasteiger partial charge in [-0.1, -0.05) is 38.2 Å². The lowest BCUT2D eigenvalue weighted by molar-refractivity contribution is -0.155. The average molecular weight is 500 g/mol. The molecule has 3 rings (SSSR count). The molecule has 2 heterocycles. The molecule has 1 atom stereocenters. The van der Waals surface area contributed by atoms with Gasteiger partial charge in [0.25, 0.3) is 11.8 Å². The van der Waals surface area contributed by atoms with Crippen LogP contribution in [0.25, 0.3) is 0 Å². The topological polar surface area (TPSA) is 122 Å². The number of hydrogen-bond acceptors (Lipinski definition) is 7. The first-order valence-electron chi connectivity index (χ1n) is 12.9. The van der Waals surface area contributed by atoms with E-state index < -0.39 is 35.3 Å². The molecule has 1 unspecified atom stereocenters. The van der Waals surface area contributed by atoms with Crippen LogP contribution in [-0.2, 0) is 19.1 Å². The first kappa shape index (κ1) is 27.4. The van der Waals surface area contributed by atoms with E-state index in [1.54, 1.807) is 18.2 Å². The molecule has 2 aliphatic rings. The van der Waals surface area contributed by atoms with Crippen molar-refractivity contribution in [1.82, 2.24) is 10.2 Å². The minimum absolute atomic E-state index is 0.0959. The van der Waals surface area contributed by atoms with E-state index in [0.717, 1.165) is 49.8 Å². The molecular formula is C27H37N3O6. The summed E-state index contributed by atoms with van der Waals surface area (Å²) < 4.78 is 5.31.